The van der Waals surface area contributed by atoms with Crippen molar-refractivity contribution in [2.45, 2.75) is 0 Å². The van der Waals surface area contributed by atoms with Crippen LogP contribution in [-0.2, 0) is 70.6 Å². The molecular weight excluding hydrogens is 322 g/mol. The van der Waals surface area contributed by atoms with E-state index in [0.29, 0.717) is 0 Å². The van der Waals surface area contributed by atoms with Crippen molar-refractivity contribution in [3.8, 4) is 0 Å². The number of rotatable bonds is 1. The molecule has 0 aliphatic rings. The van der Waals surface area contributed by atoms with Crippen molar-refractivity contribution in [3.63, 3.8) is 0 Å². The molecule has 0 fully saturated rings. The Morgan fingerprint density at radius 3 is 0.600 bits per heavy atom. The Kier molecular flexibility index (Phi) is 65.5. The normalized spacial score (nSPS) is 7.33. The van der Waals surface area contributed by atoms with Crippen molar-refractivity contribution in [2.75, 3.05) is 0 Å². The minimum absolute atomic E-state index is 0. The summed E-state index contributed by atoms with van der Waals surface area (Å²) in [6.07, 6.45) is 0. The summed E-state index contributed by atoms with van der Waals surface area (Å²) in [4.78, 5) is 0. The Balaban J connectivity index is -0.0000000117. The molecule has 0 atom stereocenters. The average molecular weight is 340 g/mol. The summed E-state index contributed by atoms with van der Waals surface area (Å²) in [7, 11) is -11.3. The number of hydrogen-bond donors (Lipinski definition) is 0. The summed E-state index contributed by atoms with van der Waals surface area (Å²) in [6.45, 7) is 0. The van der Waals surface area contributed by atoms with Crippen LogP contribution in [0, 0.1) is 0 Å². The van der Waals surface area contributed by atoms with Crippen molar-refractivity contribution in [3.05, 3.63) is 0 Å². The second kappa shape index (κ2) is 16.6. The first-order chi connectivity index (χ1) is 3.25. The molecule has 0 radical (unpaired) electrons. The van der Waals surface area contributed by atoms with E-state index >= 15 is 0 Å². The topological polar surface area (TPSA) is 312 Å². The zero-order valence-corrected chi connectivity index (χ0v) is 12.0. The van der Waals surface area contributed by atoms with Gasteiger partial charge in [0.05, 0.1) is 0 Å². The van der Waals surface area contributed by atoms with E-state index in [2.05, 4.69) is 0 Å². The summed E-state index contributed by atoms with van der Waals surface area (Å²) in [5.74, 6) is 0. The summed E-state index contributed by atoms with van der Waals surface area (Å²) in [5.41, 5.74) is 0. The largest absolute Gasteiger partial charge is 2.00 e. The fraction of sp³-hybridized carbons (Fsp3) is 0. The molecule has 0 heterocycles. The summed E-state index contributed by atoms with van der Waals surface area (Å²) < 4.78 is 55.2. The van der Waals surface area contributed by atoms with E-state index in [-0.39, 0.29) is 52.3 Å². The molecule has 0 rings (SSSR count). The minimum Gasteiger partial charge on any atom is -0.736 e. The molecule has 0 aliphatic heterocycles. The molecule has 12 nitrogen and oxygen atoms in total. The second-order valence-corrected chi connectivity index (χ2v) is 4.90. The standard InChI is InChI=1S/H2O6S2.6H2O.Zn/c1-7(2,3)8(4,5)6;;;;;;;/h(H,1,2,3)(H,4,5,6);6*1H2;/q;;;;;;;+2/p+4. The molecule has 15 heavy (non-hydrogen) atoms. The Morgan fingerprint density at radius 2 is 0.600 bits per heavy atom. The molecule has 0 aromatic heterocycles. The maximum absolute atomic E-state index is 9.20. The van der Waals surface area contributed by atoms with E-state index in [1.165, 1.54) is 0 Å². The van der Waals surface area contributed by atoms with Gasteiger partial charge in [-0.25, -0.2) is 16.8 Å². The molecular formula is H18O12S2Zn+6. The smallest absolute Gasteiger partial charge is 0.736 e. The molecule has 0 bridgehead atoms. The third kappa shape index (κ3) is 25.0. The number of hydrogen-bond acceptors (Lipinski definition) is 6. The van der Waals surface area contributed by atoms with Gasteiger partial charge in [-0.2, -0.15) is 0 Å². The molecule has 0 saturated carbocycles. The van der Waals surface area contributed by atoms with E-state index < -0.39 is 18.3 Å². The molecule has 0 saturated heterocycles. The minimum atomic E-state index is -5.67. The fourth-order valence-electron chi connectivity index (χ4n) is 0. The first-order valence-electron chi connectivity index (χ1n) is 1.17. The SMILES string of the molecule is O=S(=O)([O-])S(=O)(=O)[O-].[OH3+].[OH3+].[OH3+].[OH3+].[OH3+].[OH3+].[Zn+2]. The second-order valence-electron chi connectivity index (χ2n) is 0.816. The van der Waals surface area contributed by atoms with Gasteiger partial charge in [-0.05, 0) is 0 Å². The van der Waals surface area contributed by atoms with E-state index in [1.807, 2.05) is 0 Å². The summed E-state index contributed by atoms with van der Waals surface area (Å²) >= 11 is 0. The Bertz CT molecular complexity index is 226. The van der Waals surface area contributed by atoms with E-state index in [4.69, 9.17) is 0 Å². The van der Waals surface area contributed by atoms with Crippen LogP contribution in [0.25, 0.3) is 0 Å². The van der Waals surface area contributed by atoms with Crippen LogP contribution >= 0.6 is 0 Å². The van der Waals surface area contributed by atoms with Crippen LogP contribution in [0.4, 0.5) is 0 Å². The molecule has 0 aromatic carbocycles. The molecule has 18 N–H and O–H groups in total. The van der Waals surface area contributed by atoms with Crippen molar-refractivity contribution in [1.82, 2.24) is 0 Å². The van der Waals surface area contributed by atoms with Gasteiger partial charge in [0.1, 0.15) is 0 Å². The van der Waals surface area contributed by atoms with Gasteiger partial charge in [-0.15, -0.1) is 0 Å². The Hall–Kier alpha value is 0.203. The average Bonchev–Trinajstić information content (AvgIpc) is 1.25. The van der Waals surface area contributed by atoms with Gasteiger partial charge in [0.15, 0.2) is 18.3 Å². The van der Waals surface area contributed by atoms with Crippen LogP contribution in [0.5, 0.6) is 0 Å². The van der Waals surface area contributed by atoms with E-state index in [1.54, 1.807) is 0 Å². The Morgan fingerprint density at radius 1 is 0.533 bits per heavy atom. The van der Waals surface area contributed by atoms with Gasteiger partial charge in [0.25, 0.3) is 0 Å². The first-order valence-corrected chi connectivity index (χ1v) is 4.50. The molecule has 0 aromatic rings. The van der Waals surface area contributed by atoms with Crippen molar-refractivity contribution in [2.24, 2.45) is 0 Å². The molecule has 0 amide bonds. The Labute approximate surface area is 96.8 Å². The molecule has 98 valence electrons. The monoisotopic (exact) mass is 338 g/mol. The third-order valence-corrected chi connectivity index (χ3v) is 2.25. The third-order valence-electron chi connectivity index (χ3n) is 0.250. The van der Waals surface area contributed by atoms with Crippen molar-refractivity contribution < 1.29 is 78.3 Å². The fourth-order valence-corrected chi connectivity index (χ4v) is 0. The van der Waals surface area contributed by atoms with Gasteiger partial charge < -0.3 is 42.0 Å². The molecule has 0 aliphatic carbocycles. The van der Waals surface area contributed by atoms with Crippen molar-refractivity contribution in [1.29, 1.82) is 0 Å². The van der Waals surface area contributed by atoms with Crippen LogP contribution in [0.1, 0.15) is 0 Å². The molecule has 0 spiro atoms. The van der Waals surface area contributed by atoms with E-state index in [9.17, 15) is 25.9 Å². The quantitative estimate of drug-likeness (QED) is 0.193. The predicted octanol–water partition coefficient (Wildman–Crippen LogP) is -7.54. The maximum Gasteiger partial charge on any atom is 2.00 e. The van der Waals surface area contributed by atoms with Gasteiger partial charge >= 0.3 is 19.5 Å². The zero-order valence-electron chi connectivity index (χ0n) is 7.44. The summed E-state index contributed by atoms with van der Waals surface area (Å²) in [5, 5.41) is 0. The summed E-state index contributed by atoms with van der Waals surface area (Å²) in [6, 6.07) is 0. The van der Waals surface area contributed by atoms with Crippen molar-refractivity contribution >= 4 is 18.3 Å². The predicted molar refractivity (Wildman–Crippen MR) is 48.6 cm³/mol. The first kappa shape index (κ1) is 59.1. The molecule has 15 heteroatoms. The van der Waals surface area contributed by atoms with Gasteiger partial charge in [-0.1, -0.05) is 0 Å². The zero-order chi connectivity index (χ0) is 7.00. The van der Waals surface area contributed by atoms with Gasteiger partial charge in [0.2, 0.25) is 0 Å². The van der Waals surface area contributed by atoms with Crippen LogP contribution < -0.4 is 0 Å². The maximum atomic E-state index is 9.20. The van der Waals surface area contributed by atoms with Crippen LogP contribution in [0.3, 0.4) is 0 Å². The van der Waals surface area contributed by atoms with Crippen LogP contribution in [0.2, 0.25) is 0 Å². The van der Waals surface area contributed by atoms with Crippen LogP contribution in [-0.4, -0.2) is 25.9 Å². The van der Waals surface area contributed by atoms with Gasteiger partial charge in [0, 0.05) is 0 Å². The molecule has 0 unspecified atom stereocenters. The van der Waals surface area contributed by atoms with Crippen LogP contribution in [0.15, 0.2) is 0 Å². The van der Waals surface area contributed by atoms with E-state index in [0.717, 1.165) is 0 Å². The van der Waals surface area contributed by atoms with Gasteiger partial charge in [-0.3, -0.25) is 0 Å².